The molecule has 0 aliphatic carbocycles. The quantitative estimate of drug-likeness (QED) is 0.344. The number of aromatic nitrogens is 4. The fourth-order valence-electron chi connectivity index (χ4n) is 2.96. The molecule has 0 aliphatic rings. The summed E-state index contributed by atoms with van der Waals surface area (Å²) in [7, 11) is 0. The number of alkyl halides is 12. The first-order valence-electron chi connectivity index (χ1n) is 7.85. The van der Waals surface area contributed by atoms with Gasteiger partial charge in [-0.1, -0.05) is 0 Å². The summed E-state index contributed by atoms with van der Waals surface area (Å²) < 4.78 is 159. The molecule has 0 bridgehead atoms. The summed E-state index contributed by atoms with van der Waals surface area (Å²) in [5.74, 6) is -3.48. The van der Waals surface area contributed by atoms with Crippen molar-refractivity contribution in [2.75, 3.05) is 0 Å². The summed E-state index contributed by atoms with van der Waals surface area (Å²) >= 11 is 0. The Labute approximate surface area is 175 Å². The predicted molar refractivity (Wildman–Crippen MR) is 77.8 cm³/mol. The van der Waals surface area contributed by atoms with Crippen LogP contribution in [-0.4, -0.2) is 31.4 Å². The predicted octanol–water partition coefficient (Wildman–Crippen LogP) is 3.04. The van der Waals surface area contributed by atoms with Crippen LogP contribution in [0.1, 0.15) is 23.0 Å². The highest BCUT2D eigenvalue weighted by atomic mass is 19.4. The van der Waals surface area contributed by atoms with Gasteiger partial charge in [0.05, 0.1) is 0 Å². The molecule has 0 atom stereocenters. The second-order valence-electron chi connectivity index (χ2n) is 5.96. The van der Waals surface area contributed by atoms with Crippen molar-refractivity contribution in [2.24, 2.45) is 9.98 Å². The molecule has 0 fully saturated rings. The second kappa shape index (κ2) is 7.20. The highest BCUT2D eigenvalue weighted by Gasteiger charge is 2.46. The molecule has 8 nitrogen and oxygen atoms in total. The van der Waals surface area contributed by atoms with Crippen molar-refractivity contribution in [3.63, 3.8) is 0 Å². The lowest BCUT2D eigenvalue weighted by Gasteiger charge is -2.18. The SMILES string of the molecule is N#Cc1n/c(=N\C(F)(F)F)c2c(C(F)(F)F)n3c(C#N)n/c(=N\C(F)(F)F)c3c(C(F)(F)F)n12. The lowest BCUT2D eigenvalue weighted by Crippen LogP contribution is -2.26. The Bertz CT molecular complexity index is 1400. The van der Waals surface area contributed by atoms with Gasteiger partial charge in [-0.15, -0.1) is 26.3 Å². The van der Waals surface area contributed by atoms with Crippen LogP contribution < -0.4 is 11.0 Å². The average Bonchev–Trinajstić information content (AvgIpc) is 3.13. The standard InChI is InChI=1S/C14F12N8/c15-11(16,17)7-6-10(32-14(24,25)26)30-4(2-28)34(6)8(12(18,19)20)5-9(31-13(21,22)23)29-3(1-27)33(5)7/b31-9-,32-10-. The Hall–Kier alpha value is -4.10. The van der Waals surface area contributed by atoms with E-state index in [0.29, 0.717) is 0 Å². The van der Waals surface area contributed by atoms with Gasteiger partial charge in [-0.25, -0.2) is 0 Å². The van der Waals surface area contributed by atoms with Crippen molar-refractivity contribution in [1.29, 1.82) is 10.5 Å². The Kier molecular flexibility index (Phi) is 5.20. The molecule has 0 saturated carbocycles. The number of imidazole rings is 2. The highest BCUT2D eigenvalue weighted by molar-refractivity contribution is 5.66. The molecule has 0 aromatic carbocycles. The van der Waals surface area contributed by atoms with Crippen LogP contribution in [0.3, 0.4) is 0 Å². The molecule has 3 heterocycles. The molecule has 20 heteroatoms. The Morgan fingerprint density at radius 3 is 1.09 bits per heavy atom. The number of nitriles is 2. The third-order valence-electron chi connectivity index (χ3n) is 3.82. The summed E-state index contributed by atoms with van der Waals surface area (Å²) in [4.78, 5) is 9.19. The zero-order valence-electron chi connectivity index (χ0n) is 15.1. The maximum absolute atomic E-state index is 13.9. The molecule has 0 amide bonds. The summed E-state index contributed by atoms with van der Waals surface area (Å²) in [6.45, 7) is 0. The molecule has 0 saturated heterocycles. The first kappa shape index (κ1) is 24.5. The number of hydrogen-bond donors (Lipinski definition) is 0. The highest BCUT2D eigenvalue weighted by Crippen LogP contribution is 2.39. The summed E-state index contributed by atoms with van der Waals surface area (Å²) in [6, 6.07) is 1.66. The lowest BCUT2D eigenvalue weighted by molar-refractivity contribution is -0.146. The van der Waals surface area contributed by atoms with Crippen LogP contribution in [0.2, 0.25) is 0 Å². The van der Waals surface area contributed by atoms with E-state index in [9.17, 15) is 52.7 Å². The number of nitrogens with zero attached hydrogens (tertiary/aromatic N) is 8. The first-order valence-corrected chi connectivity index (χ1v) is 7.85. The van der Waals surface area contributed by atoms with Crippen molar-refractivity contribution in [3.8, 4) is 12.1 Å². The van der Waals surface area contributed by atoms with E-state index < -0.39 is 78.8 Å². The number of hydrogen-bond acceptors (Lipinski definition) is 6. The van der Waals surface area contributed by atoms with E-state index >= 15 is 0 Å². The Balaban J connectivity index is 2.96. The summed E-state index contributed by atoms with van der Waals surface area (Å²) in [5.41, 5.74) is -13.5. The smallest absolute Gasteiger partial charge is 0.274 e. The van der Waals surface area contributed by atoms with Gasteiger partial charge in [-0.2, -0.15) is 56.8 Å². The molecular weight excluding hydrogens is 508 g/mol. The van der Waals surface area contributed by atoms with Crippen LogP contribution >= 0.6 is 0 Å². The normalized spacial score (nSPS) is 14.8. The fraction of sp³-hybridized carbons (Fsp3) is 0.286. The van der Waals surface area contributed by atoms with Crippen molar-refractivity contribution in [3.05, 3.63) is 34.0 Å². The summed E-state index contributed by atoms with van der Waals surface area (Å²) in [6.07, 6.45) is -23.3. The molecule has 3 aromatic rings. The van der Waals surface area contributed by atoms with Crippen LogP contribution in [0.4, 0.5) is 52.7 Å². The summed E-state index contributed by atoms with van der Waals surface area (Å²) in [5, 5.41) is 18.1. The largest absolute Gasteiger partial charge is 0.505 e. The van der Waals surface area contributed by atoms with E-state index in [1.807, 2.05) is 9.98 Å². The lowest BCUT2D eigenvalue weighted by atomic mass is 10.2. The Morgan fingerprint density at radius 2 is 0.882 bits per heavy atom. The number of halogens is 12. The van der Waals surface area contributed by atoms with E-state index in [4.69, 9.17) is 10.5 Å². The third-order valence-corrected chi connectivity index (χ3v) is 3.82. The van der Waals surface area contributed by atoms with Crippen LogP contribution in [0.5, 0.6) is 0 Å². The molecule has 180 valence electrons. The van der Waals surface area contributed by atoms with E-state index in [-0.39, 0.29) is 0 Å². The van der Waals surface area contributed by atoms with Gasteiger partial charge in [0.25, 0.3) is 0 Å². The van der Waals surface area contributed by atoms with Crippen molar-refractivity contribution < 1.29 is 52.7 Å². The van der Waals surface area contributed by atoms with Crippen LogP contribution in [0.15, 0.2) is 9.98 Å². The van der Waals surface area contributed by atoms with E-state index in [1.165, 1.54) is 0 Å². The minimum Gasteiger partial charge on any atom is -0.274 e. The monoisotopic (exact) mass is 508 g/mol. The molecule has 0 N–H and O–H groups in total. The molecule has 3 rings (SSSR count). The average molecular weight is 508 g/mol. The van der Waals surface area contributed by atoms with Gasteiger partial charge in [0.1, 0.15) is 23.2 Å². The van der Waals surface area contributed by atoms with Gasteiger partial charge < -0.3 is 0 Å². The van der Waals surface area contributed by atoms with Crippen LogP contribution in [0.25, 0.3) is 11.0 Å². The fourth-order valence-corrected chi connectivity index (χ4v) is 2.96. The molecule has 0 spiro atoms. The minimum absolute atomic E-state index is 0.791. The van der Waals surface area contributed by atoms with E-state index in [1.54, 1.807) is 0 Å². The van der Waals surface area contributed by atoms with Gasteiger partial charge >= 0.3 is 25.0 Å². The van der Waals surface area contributed by atoms with Crippen molar-refractivity contribution in [2.45, 2.75) is 25.0 Å². The molecule has 0 aliphatic heterocycles. The Morgan fingerprint density at radius 1 is 0.588 bits per heavy atom. The van der Waals surface area contributed by atoms with E-state index in [2.05, 4.69) is 9.97 Å². The van der Waals surface area contributed by atoms with Crippen LogP contribution in [-0.2, 0) is 12.4 Å². The third kappa shape index (κ3) is 4.13. The van der Waals surface area contributed by atoms with Crippen molar-refractivity contribution >= 4 is 11.0 Å². The topological polar surface area (TPSA) is 107 Å². The molecular formula is C14F12N8. The van der Waals surface area contributed by atoms with Gasteiger partial charge in [0, 0.05) is 0 Å². The number of fused-ring (bicyclic) bond motifs is 2. The molecule has 0 radical (unpaired) electrons. The van der Waals surface area contributed by atoms with Gasteiger partial charge in [-0.05, 0) is 0 Å². The first-order chi connectivity index (χ1) is 15.3. The number of rotatable bonds is 0. The zero-order valence-corrected chi connectivity index (χ0v) is 15.1. The second-order valence-corrected chi connectivity index (χ2v) is 5.96. The zero-order chi connectivity index (χ0) is 26.0. The molecule has 34 heavy (non-hydrogen) atoms. The van der Waals surface area contributed by atoms with E-state index in [0.717, 1.165) is 12.1 Å². The minimum atomic E-state index is -5.94. The van der Waals surface area contributed by atoms with Gasteiger partial charge in [0.2, 0.25) is 11.6 Å². The molecule has 3 aromatic heterocycles. The van der Waals surface area contributed by atoms with Crippen LogP contribution in [0, 0.1) is 22.7 Å². The van der Waals surface area contributed by atoms with Gasteiger partial charge in [-0.3, -0.25) is 8.80 Å². The molecule has 0 unspecified atom stereocenters. The van der Waals surface area contributed by atoms with Crippen molar-refractivity contribution in [1.82, 2.24) is 18.8 Å². The maximum atomic E-state index is 13.9. The maximum Gasteiger partial charge on any atom is 0.505 e. The van der Waals surface area contributed by atoms with Gasteiger partial charge in [0.15, 0.2) is 22.4 Å².